The summed E-state index contributed by atoms with van der Waals surface area (Å²) in [6.45, 7) is 2.25. The molecule has 3 rings (SSSR count). The smallest absolute Gasteiger partial charge is 0.200 e. The van der Waals surface area contributed by atoms with Crippen molar-refractivity contribution in [2.45, 2.75) is 25.7 Å². The first-order valence-electron chi connectivity index (χ1n) is 8.19. The van der Waals surface area contributed by atoms with Crippen molar-refractivity contribution >= 4 is 34.3 Å². The summed E-state index contributed by atoms with van der Waals surface area (Å²) in [5.41, 5.74) is 3.03. The maximum atomic E-state index is 12.9. The molecule has 1 saturated heterocycles. The van der Waals surface area contributed by atoms with E-state index in [-0.39, 0.29) is 0 Å². The second-order valence-corrected chi connectivity index (χ2v) is 7.14. The van der Waals surface area contributed by atoms with Gasteiger partial charge in [0.2, 0.25) is 5.71 Å². The second-order valence-electron chi connectivity index (χ2n) is 6.23. The Morgan fingerprint density at radius 2 is 2.12 bits per heavy atom. The first-order chi connectivity index (χ1) is 11.6. The van der Waals surface area contributed by atoms with Crippen LogP contribution in [0.2, 0.25) is 0 Å². The highest BCUT2D eigenvalue weighted by atomic mass is 127. The number of hydrazone groups is 1. The fourth-order valence-electron chi connectivity index (χ4n) is 3.52. The lowest BCUT2D eigenvalue weighted by Crippen LogP contribution is -2.39. The predicted molar refractivity (Wildman–Crippen MR) is 101 cm³/mol. The summed E-state index contributed by atoms with van der Waals surface area (Å²) < 4.78 is 6.99. The van der Waals surface area contributed by atoms with Gasteiger partial charge in [0.1, 0.15) is 34.3 Å². The van der Waals surface area contributed by atoms with Crippen LogP contribution >= 0.6 is 22.9 Å². The van der Waals surface area contributed by atoms with Gasteiger partial charge in [0.05, 0.1) is 19.7 Å². The Bertz CT molecular complexity index is 678. The number of nitriles is 1. The third-order valence-corrected chi connectivity index (χ3v) is 5.81. The SMILES string of the molecule is COc1ccc2c(c1)CCC(C1CCN(CC#N)CC1)=[N+]([O-])N2I. The Balaban J connectivity index is 1.79. The van der Waals surface area contributed by atoms with Crippen molar-refractivity contribution in [1.82, 2.24) is 4.90 Å². The number of piperidine rings is 1. The van der Waals surface area contributed by atoms with Gasteiger partial charge in [-0.2, -0.15) is 5.26 Å². The zero-order chi connectivity index (χ0) is 17.1. The van der Waals surface area contributed by atoms with Crippen molar-refractivity contribution in [3.05, 3.63) is 29.0 Å². The van der Waals surface area contributed by atoms with Crippen molar-refractivity contribution in [3.63, 3.8) is 0 Å². The number of halogens is 1. The normalized spacial score (nSPS) is 19.6. The van der Waals surface area contributed by atoms with Gasteiger partial charge in [-0.25, -0.2) is 0 Å². The third-order valence-electron chi connectivity index (χ3n) is 4.89. The van der Waals surface area contributed by atoms with E-state index in [1.807, 2.05) is 18.2 Å². The molecular formula is C17H21IN4O2. The Morgan fingerprint density at radius 1 is 1.38 bits per heavy atom. The van der Waals surface area contributed by atoms with Crippen LogP contribution in [0, 0.1) is 22.5 Å². The van der Waals surface area contributed by atoms with Gasteiger partial charge in [0.15, 0.2) is 0 Å². The van der Waals surface area contributed by atoms with E-state index in [0.717, 1.165) is 66.3 Å². The number of benzene rings is 1. The van der Waals surface area contributed by atoms with Crippen molar-refractivity contribution < 1.29 is 9.58 Å². The fraction of sp³-hybridized carbons (Fsp3) is 0.529. The molecule has 24 heavy (non-hydrogen) atoms. The number of methoxy groups -OCH3 is 1. The fourth-order valence-corrected chi connectivity index (χ4v) is 4.27. The number of hydrogen-bond donors (Lipinski definition) is 0. The monoisotopic (exact) mass is 440 g/mol. The van der Waals surface area contributed by atoms with Crippen LogP contribution in [0.1, 0.15) is 24.8 Å². The molecule has 0 amide bonds. The Morgan fingerprint density at radius 3 is 2.79 bits per heavy atom. The van der Waals surface area contributed by atoms with E-state index < -0.39 is 0 Å². The molecule has 2 heterocycles. The van der Waals surface area contributed by atoms with E-state index >= 15 is 0 Å². The average Bonchev–Trinajstić information content (AvgIpc) is 2.73. The maximum absolute atomic E-state index is 12.9. The molecule has 0 bridgehead atoms. The molecule has 1 fully saturated rings. The van der Waals surface area contributed by atoms with Crippen molar-refractivity contribution in [3.8, 4) is 11.8 Å². The molecule has 1 aromatic carbocycles. The summed E-state index contributed by atoms with van der Waals surface area (Å²) in [4.78, 5) is 3.23. The quantitative estimate of drug-likeness (QED) is 0.238. The largest absolute Gasteiger partial charge is 0.595 e. The average molecular weight is 440 g/mol. The van der Waals surface area contributed by atoms with Crippen molar-refractivity contribution in [1.29, 1.82) is 5.26 Å². The van der Waals surface area contributed by atoms with Gasteiger partial charge in [-0.05, 0) is 56.1 Å². The highest BCUT2D eigenvalue weighted by Gasteiger charge is 2.33. The highest BCUT2D eigenvalue weighted by Crippen LogP contribution is 2.33. The number of hydrazine groups is 1. The molecule has 0 unspecified atom stereocenters. The minimum atomic E-state index is 0.297. The highest BCUT2D eigenvalue weighted by molar-refractivity contribution is 14.1. The lowest BCUT2D eigenvalue weighted by atomic mass is 9.89. The molecule has 0 aliphatic carbocycles. The van der Waals surface area contributed by atoms with E-state index in [2.05, 4.69) is 33.8 Å². The van der Waals surface area contributed by atoms with E-state index in [1.165, 1.54) is 0 Å². The van der Waals surface area contributed by atoms with Gasteiger partial charge >= 0.3 is 0 Å². The predicted octanol–water partition coefficient (Wildman–Crippen LogP) is 2.90. The summed E-state index contributed by atoms with van der Waals surface area (Å²) in [5, 5.41) is 21.7. The van der Waals surface area contributed by atoms with Crippen LogP contribution < -0.4 is 7.96 Å². The minimum absolute atomic E-state index is 0.297. The van der Waals surface area contributed by atoms with Crippen LogP contribution in [-0.4, -0.2) is 42.2 Å². The number of nitrogens with zero attached hydrogens (tertiary/aromatic N) is 4. The number of ether oxygens (including phenoxy) is 1. The summed E-state index contributed by atoms with van der Waals surface area (Å²) in [6.07, 6.45) is 3.50. The lowest BCUT2D eigenvalue weighted by Gasteiger charge is -2.30. The van der Waals surface area contributed by atoms with E-state index in [9.17, 15) is 5.21 Å². The standard InChI is InChI=1S/C17H21IN4O2/c1-24-15-3-5-16-14(12-15)2-4-17(22(23)21(16)18)13-6-9-20(10-7-13)11-8-19/h3,5,12-13H,2,4,6-7,9-11H2,1H3. The van der Waals surface area contributed by atoms with Crippen molar-refractivity contribution in [2.24, 2.45) is 5.92 Å². The van der Waals surface area contributed by atoms with Crippen LogP contribution in [0.4, 0.5) is 5.69 Å². The zero-order valence-corrected chi connectivity index (χ0v) is 15.9. The molecule has 7 heteroatoms. The molecule has 0 atom stereocenters. The lowest BCUT2D eigenvalue weighted by molar-refractivity contribution is -0.448. The number of likely N-dealkylation sites (tertiary alicyclic amines) is 1. The summed E-state index contributed by atoms with van der Waals surface area (Å²) in [6, 6.07) is 8.07. The third kappa shape index (κ3) is 3.44. The minimum Gasteiger partial charge on any atom is -0.595 e. The molecule has 0 spiro atoms. The summed E-state index contributed by atoms with van der Waals surface area (Å²) in [7, 11) is 1.66. The second kappa shape index (κ2) is 7.57. The Hall–Kier alpha value is -1.53. The summed E-state index contributed by atoms with van der Waals surface area (Å²) in [5.74, 6) is 1.12. The molecule has 2 aliphatic heterocycles. The number of aryl methyl sites for hydroxylation is 1. The van der Waals surface area contributed by atoms with Gasteiger partial charge in [-0.3, -0.25) is 4.90 Å². The molecule has 0 N–H and O–H groups in total. The molecule has 0 aromatic heterocycles. The zero-order valence-electron chi connectivity index (χ0n) is 13.7. The van der Waals surface area contributed by atoms with Crippen LogP contribution in [0.5, 0.6) is 5.75 Å². The van der Waals surface area contributed by atoms with Gasteiger partial charge in [-0.1, -0.05) is 8.07 Å². The number of fused-ring (bicyclic) bond motifs is 1. The number of anilines is 1. The first-order valence-corrected chi connectivity index (χ1v) is 9.15. The molecule has 6 nitrogen and oxygen atoms in total. The molecule has 128 valence electrons. The molecule has 2 aliphatic rings. The molecular weight excluding hydrogens is 419 g/mol. The van der Waals surface area contributed by atoms with Gasteiger partial charge in [0.25, 0.3) is 0 Å². The number of hydrogen-bond acceptors (Lipinski definition) is 5. The summed E-state index contributed by atoms with van der Waals surface area (Å²) >= 11 is 2.08. The maximum Gasteiger partial charge on any atom is 0.200 e. The molecule has 1 aromatic rings. The van der Waals surface area contributed by atoms with E-state index in [4.69, 9.17) is 10.00 Å². The van der Waals surface area contributed by atoms with E-state index in [0.29, 0.717) is 12.5 Å². The van der Waals surface area contributed by atoms with Crippen LogP contribution in [-0.2, 0) is 6.42 Å². The van der Waals surface area contributed by atoms with Crippen LogP contribution in [0.15, 0.2) is 18.2 Å². The topological polar surface area (TPSA) is 65.6 Å². The molecule has 0 radical (unpaired) electrons. The first kappa shape index (κ1) is 17.3. The van der Waals surface area contributed by atoms with E-state index in [1.54, 1.807) is 10.3 Å². The Kier molecular flexibility index (Phi) is 5.46. The Labute approximate surface area is 156 Å². The van der Waals surface area contributed by atoms with Crippen molar-refractivity contribution in [2.75, 3.05) is 30.0 Å². The van der Waals surface area contributed by atoms with Crippen LogP contribution in [0.3, 0.4) is 0 Å². The van der Waals surface area contributed by atoms with Gasteiger partial charge in [-0.15, -0.1) is 0 Å². The van der Waals surface area contributed by atoms with Gasteiger partial charge < -0.3 is 9.94 Å². The number of rotatable bonds is 3. The van der Waals surface area contributed by atoms with Crippen LogP contribution in [0.25, 0.3) is 0 Å². The van der Waals surface area contributed by atoms with Gasteiger partial charge in [0, 0.05) is 12.3 Å². The molecule has 0 saturated carbocycles.